The molecule has 0 saturated heterocycles. The first-order valence-electron chi connectivity index (χ1n) is 12.6. The summed E-state index contributed by atoms with van der Waals surface area (Å²) in [6.45, 7) is 6.43. The molecule has 1 heterocycles. The lowest BCUT2D eigenvalue weighted by Crippen LogP contribution is -2.12. The van der Waals surface area contributed by atoms with Gasteiger partial charge in [-0.2, -0.15) is 13.2 Å². The van der Waals surface area contributed by atoms with Crippen LogP contribution in [0.3, 0.4) is 0 Å². The second-order valence-corrected chi connectivity index (χ2v) is 10.8. The average molecular weight is 506 g/mol. The first-order valence-corrected chi connectivity index (χ1v) is 12.6. The number of hydrogen-bond acceptors (Lipinski definition) is 1. The Morgan fingerprint density at radius 3 is 1.89 bits per heavy atom. The van der Waals surface area contributed by atoms with Crippen LogP contribution in [-0.4, -0.2) is 4.98 Å². The van der Waals surface area contributed by atoms with Gasteiger partial charge >= 0.3 is 6.18 Å². The van der Waals surface area contributed by atoms with Crippen LogP contribution in [-0.2, 0) is 11.6 Å². The van der Waals surface area contributed by atoms with Crippen LogP contribution in [0.25, 0.3) is 54.7 Å². The zero-order valence-electron chi connectivity index (χ0n) is 21.4. The Morgan fingerprint density at radius 2 is 1.16 bits per heavy atom. The van der Waals surface area contributed by atoms with Gasteiger partial charge in [-0.1, -0.05) is 93.6 Å². The van der Waals surface area contributed by atoms with E-state index in [1.54, 1.807) is 12.1 Å². The topological polar surface area (TPSA) is 12.9 Å². The maximum absolute atomic E-state index is 14.2. The van der Waals surface area contributed by atoms with Crippen molar-refractivity contribution in [1.82, 2.24) is 4.98 Å². The monoisotopic (exact) mass is 505 g/mol. The maximum atomic E-state index is 14.2. The van der Waals surface area contributed by atoms with Crippen molar-refractivity contribution in [2.75, 3.05) is 0 Å². The molecule has 1 aromatic heterocycles. The van der Waals surface area contributed by atoms with Crippen LogP contribution in [0.1, 0.15) is 31.9 Å². The Bertz CT molecular complexity index is 1840. The van der Waals surface area contributed by atoms with Gasteiger partial charge in [-0.15, -0.1) is 0 Å². The molecule has 0 atom stereocenters. The lowest BCUT2D eigenvalue weighted by atomic mass is 9.82. The Morgan fingerprint density at radius 1 is 0.553 bits per heavy atom. The van der Waals surface area contributed by atoms with E-state index in [1.807, 2.05) is 72.8 Å². The van der Waals surface area contributed by atoms with Crippen molar-refractivity contribution < 1.29 is 13.2 Å². The first kappa shape index (κ1) is 24.2. The Labute approximate surface area is 219 Å². The van der Waals surface area contributed by atoms with Crippen molar-refractivity contribution in [2.24, 2.45) is 0 Å². The van der Waals surface area contributed by atoms with E-state index in [4.69, 9.17) is 0 Å². The van der Waals surface area contributed by atoms with Crippen LogP contribution in [0.5, 0.6) is 0 Å². The Kier molecular flexibility index (Phi) is 5.53. The summed E-state index contributed by atoms with van der Waals surface area (Å²) in [7, 11) is 0. The molecule has 0 bridgehead atoms. The van der Waals surface area contributed by atoms with Crippen LogP contribution in [0.15, 0.2) is 103 Å². The molecule has 188 valence electrons. The third-order valence-electron chi connectivity index (χ3n) is 7.23. The van der Waals surface area contributed by atoms with Crippen molar-refractivity contribution in [3.05, 3.63) is 114 Å². The lowest BCUT2D eigenvalue weighted by Gasteiger charge is -2.23. The van der Waals surface area contributed by atoms with Gasteiger partial charge in [0.1, 0.15) is 0 Å². The number of hydrogen-bond donors (Lipinski definition) is 0. The highest BCUT2D eigenvalue weighted by Gasteiger charge is 2.34. The van der Waals surface area contributed by atoms with Crippen LogP contribution in [0, 0.1) is 0 Å². The van der Waals surface area contributed by atoms with E-state index in [9.17, 15) is 13.2 Å². The quantitative estimate of drug-likeness (QED) is 0.213. The molecule has 38 heavy (non-hydrogen) atoms. The number of pyridine rings is 1. The van der Waals surface area contributed by atoms with E-state index in [2.05, 4.69) is 37.9 Å². The Balaban J connectivity index is 1.57. The van der Waals surface area contributed by atoms with Gasteiger partial charge in [0.25, 0.3) is 0 Å². The maximum Gasteiger partial charge on any atom is 0.418 e. The fraction of sp³-hybridized carbons (Fsp3) is 0.147. The van der Waals surface area contributed by atoms with Gasteiger partial charge in [0, 0.05) is 11.8 Å². The van der Waals surface area contributed by atoms with Gasteiger partial charge in [0.05, 0.1) is 11.3 Å². The fourth-order valence-corrected chi connectivity index (χ4v) is 5.34. The molecule has 0 saturated carbocycles. The van der Waals surface area contributed by atoms with E-state index < -0.39 is 11.7 Å². The zero-order valence-corrected chi connectivity index (χ0v) is 21.4. The summed E-state index contributed by atoms with van der Waals surface area (Å²) in [6, 6.07) is 31.3. The summed E-state index contributed by atoms with van der Waals surface area (Å²) in [5.74, 6) is 0. The SMILES string of the molecule is CC(C)(C)c1cc(-c2cc(-c3ccc4c(ccc5ccccc54)c3)c(C(F)(F)F)cn2)cc2ccccc12. The largest absolute Gasteiger partial charge is 0.418 e. The molecule has 0 aliphatic rings. The number of nitrogens with zero attached hydrogens (tertiary/aromatic N) is 1. The number of fused-ring (bicyclic) bond motifs is 4. The number of rotatable bonds is 2. The molecule has 0 unspecified atom stereocenters. The van der Waals surface area contributed by atoms with Crippen LogP contribution >= 0.6 is 0 Å². The van der Waals surface area contributed by atoms with Gasteiger partial charge in [-0.25, -0.2) is 0 Å². The Hall–Kier alpha value is -4.18. The minimum Gasteiger partial charge on any atom is -0.256 e. The molecule has 0 amide bonds. The molecule has 6 rings (SSSR count). The highest BCUT2D eigenvalue weighted by Crippen LogP contribution is 2.41. The summed E-state index contributed by atoms with van der Waals surface area (Å²) in [5.41, 5.74) is 2.21. The van der Waals surface area contributed by atoms with E-state index >= 15 is 0 Å². The predicted octanol–water partition coefficient (Wildman–Crippen LogP) is 10.2. The summed E-state index contributed by atoms with van der Waals surface area (Å²) in [4.78, 5) is 4.31. The second-order valence-electron chi connectivity index (χ2n) is 10.8. The normalized spacial score (nSPS) is 12.5. The summed E-state index contributed by atoms with van der Waals surface area (Å²) >= 11 is 0. The molecule has 0 radical (unpaired) electrons. The van der Waals surface area contributed by atoms with Crippen molar-refractivity contribution in [3.63, 3.8) is 0 Å². The molecule has 0 aliphatic heterocycles. The molecule has 6 aromatic rings. The van der Waals surface area contributed by atoms with Crippen LogP contribution < -0.4 is 0 Å². The third kappa shape index (κ3) is 4.20. The highest BCUT2D eigenvalue weighted by molar-refractivity contribution is 6.08. The molecule has 4 heteroatoms. The zero-order chi connectivity index (χ0) is 26.7. The van der Waals surface area contributed by atoms with Gasteiger partial charge < -0.3 is 0 Å². The number of halogens is 3. The van der Waals surface area contributed by atoms with Gasteiger partial charge in [-0.3, -0.25) is 4.98 Å². The van der Waals surface area contributed by atoms with E-state index in [1.165, 1.54) is 0 Å². The summed E-state index contributed by atoms with van der Waals surface area (Å²) in [5, 5.41) is 6.26. The lowest BCUT2D eigenvalue weighted by molar-refractivity contribution is -0.137. The molecule has 0 fully saturated rings. The van der Waals surface area contributed by atoms with E-state index in [0.717, 1.165) is 49.6 Å². The molecule has 1 nitrogen and oxygen atoms in total. The molecular weight excluding hydrogens is 479 g/mol. The van der Waals surface area contributed by atoms with Gasteiger partial charge in [-0.05, 0) is 78.7 Å². The van der Waals surface area contributed by atoms with E-state index in [-0.39, 0.29) is 11.0 Å². The van der Waals surface area contributed by atoms with E-state index in [0.29, 0.717) is 11.3 Å². The second kappa shape index (κ2) is 8.70. The van der Waals surface area contributed by atoms with Crippen molar-refractivity contribution in [1.29, 1.82) is 0 Å². The average Bonchev–Trinajstić information content (AvgIpc) is 2.90. The molecular formula is C34H26F3N. The van der Waals surface area contributed by atoms with Crippen LogP contribution in [0.2, 0.25) is 0 Å². The summed E-state index contributed by atoms with van der Waals surface area (Å²) < 4.78 is 42.5. The van der Waals surface area contributed by atoms with Crippen molar-refractivity contribution in [3.8, 4) is 22.4 Å². The van der Waals surface area contributed by atoms with Gasteiger partial charge in [0.15, 0.2) is 0 Å². The minimum absolute atomic E-state index is 0.128. The minimum atomic E-state index is -4.53. The van der Waals surface area contributed by atoms with Crippen LogP contribution in [0.4, 0.5) is 13.2 Å². The van der Waals surface area contributed by atoms with Crippen molar-refractivity contribution >= 4 is 32.3 Å². The molecule has 0 spiro atoms. The molecule has 0 N–H and O–H groups in total. The fourth-order valence-electron chi connectivity index (χ4n) is 5.34. The molecule has 5 aromatic carbocycles. The highest BCUT2D eigenvalue weighted by atomic mass is 19.4. The number of benzene rings is 5. The summed E-state index contributed by atoms with van der Waals surface area (Å²) in [6.07, 6.45) is -3.56. The van der Waals surface area contributed by atoms with Gasteiger partial charge in [0.2, 0.25) is 0 Å². The smallest absolute Gasteiger partial charge is 0.256 e. The standard InChI is InChI=1S/C34H26F3N/c1-33(2,3)30-18-25(17-22-9-5-7-11-28(22)30)32-19-29(31(20-38-32)34(35,36)37)24-14-15-27-23(16-24)13-12-21-8-4-6-10-26(21)27/h4-20H,1-3H3. The van der Waals surface area contributed by atoms with Crippen molar-refractivity contribution in [2.45, 2.75) is 32.4 Å². The first-order chi connectivity index (χ1) is 18.1. The number of alkyl halides is 3. The third-order valence-corrected chi connectivity index (χ3v) is 7.23. The number of aromatic nitrogens is 1. The molecule has 0 aliphatic carbocycles. The predicted molar refractivity (Wildman–Crippen MR) is 151 cm³/mol.